The Balaban J connectivity index is 1.18. The second kappa shape index (κ2) is 38.7. The summed E-state index contributed by atoms with van der Waals surface area (Å²) in [6.07, 6.45) is -36.4. The van der Waals surface area contributed by atoms with E-state index in [2.05, 4.69) is 61.8 Å². The SMILES string of the molecule is Cc1c(N)nc([C@H](CC(N)=O)NC[C@@H](N)C(N)=O)nc1C(=O)N[C@H](C(=O)NC(C)C(O)CC(=O)NC(C(=O)NC(OC1OC(C)C(N)C(O)C1O)C(O)c1nc(-c2nc(C(=O)NCCCCN)cs2)cs1)[C@H](C)O)C(OC1OC(CO)C(O)C(O)C1OC1OC(CO)C(O)C(OC(N)=O)C1O)c1cnc[nH]1. The first-order valence-electron chi connectivity index (χ1n) is 32.9. The van der Waals surface area contributed by atoms with Gasteiger partial charge < -0.3 is 166 Å². The van der Waals surface area contributed by atoms with E-state index in [1.54, 1.807) is 0 Å². The van der Waals surface area contributed by atoms with E-state index >= 15 is 4.79 Å². The number of hydrogen-bond donors (Lipinski definition) is 25. The Bertz CT molecular complexity index is 3610. The van der Waals surface area contributed by atoms with Crippen LogP contribution in [0.3, 0.4) is 0 Å². The van der Waals surface area contributed by atoms with E-state index in [0.29, 0.717) is 25.9 Å². The number of nitrogens with zero attached hydrogens (tertiary/aromatic N) is 5. The van der Waals surface area contributed by atoms with Crippen LogP contribution in [0.5, 0.6) is 0 Å². The third-order valence-electron chi connectivity index (χ3n) is 17.1. The fourth-order valence-electron chi connectivity index (χ4n) is 10.9. The van der Waals surface area contributed by atoms with Crippen LogP contribution in [0.4, 0.5) is 10.6 Å². The molecule has 4 aromatic rings. The average molecular weight is 1550 g/mol. The predicted molar refractivity (Wildman–Crippen MR) is 359 cm³/mol. The fraction of sp³-hybridized carbons (Fsp3) is 0.644. The summed E-state index contributed by atoms with van der Waals surface area (Å²) in [5, 5.41) is 140. The summed E-state index contributed by atoms with van der Waals surface area (Å²) >= 11 is 1.89. The number of amides is 8. The highest BCUT2D eigenvalue weighted by Crippen LogP contribution is 2.36. The predicted octanol–water partition coefficient (Wildman–Crippen LogP) is -10.9. The standard InChI is InChI=1S/C59H91N19O26S2/c1-18-33(75-48(77-46(18)64)23(9-30(62)83)69-11-22(61)47(65)92)50(94)76-35(43(24-12-67-17-70-24)101-58-45(39(88)36(85)28(13-79)100-58)102-57-41(90)44(103-59(66)97)37(86)29(14-80)99-57)52(96)71-19(2)27(82)10-31(84)74-34(20(3)81)51(95)78-53(104-56-40(89)38(87)32(63)21(4)98-56)42(91)55-73-26(16-106-55)54-72-25(15-105-54)49(93)68-8-6-5-7-60/h12,15-17,19-23,27-29,32,34-45,53,56-58,69,79-82,85-91H,5-11,13-14,60-61,63H2,1-4H3,(H2,62,83)(H2,65,92)(H2,66,97)(H,67,70)(H,68,93)(H,71,96)(H,74,84)(H,76,94)(H,78,95)(H2,64,75,77)/t19?,20-,21?,22+,23-,27?,28?,29?,32?,34?,35-,36?,37?,38?,39?,40?,41?,42?,43?,44?,45?,53?,56?,57?,58?/m0/s1. The van der Waals surface area contributed by atoms with Crippen LogP contribution in [0.1, 0.15) is 108 Å². The monoisotopic (exact) mass is 1550 g/mol. The van der Waals surface area contributed by atoms with Gasteiger partial charge in [-0.3, -0.25) is 33.6 Å². The van der Waals surface area contributed by atoms with Gasteiger partial charge in [0.15, 0.2) is 37.3 Å². The molecular formula is C59H91N19O26S2. The molecule has 25 atom stereocenters. The van der Waals surface area contributed by atoms with Crippen LogP contribution < -0.4 is 72.0 Å². The summed E-state index contributed by atoms with van der Waals surface area (Å²) in [5.41, 5.74) is 39.0. The first-order chi connectivity index (χ1) is 50.1. The normalized spacial score (nSPS) is 27.5. The quantitative estimate of drug-likeness (QED) is 0.0147. The number of ether oxygens (including phenoxy) is 7. The molecule has 0 radical (unpaired) electrons. The molecule has 0 aromatic carbocycles. The molecule has 8 amide bonds. The van der Waals surface area contributed by atoms with Crippen molar-refractivity contribution < 1.29 is 128 Å². The molecule has 3 saturated heterocycles. The molecule has 0 aliphatic carbocycles. The zero-order chi connectivity index (χ0) is 78.3. The summed E-state index contributed by atoms with van der Waals surface area (Å²) < 4.78 is 40.3. The van der Waals surface area contributed by atoms with Crippen molar-refractivity contribution in [1.29, 1.82) is 0 Å². The fourth-order valence-corrected chi connectivity index (χ4v) is 12.5. The van der Waals surface area contributed by atoms with E-state index < -0.39 is 250 Å². The second-order valence-electron chi connectivity index (χ2n) is 25.0. The number of aromatic amines is 1. The van der Waals surface area contributed by atoms with Crippen LogP contribution in [0.2, 0.25) is 0 Å². The minimum Gasteiger partial charge on any atom is -0.441 e. The number of anilines is 1. The molecule has 0 bridgehead atoms. The molecule has 3 fully saturated rings. The Morgan fingerprint density at radius 3 is 2.05 bits per heavy atom. The van der Waals surface area contributed by atoms with E-state index in [0.717, 1.165) is 49.0 Å². The maximum absolute atomic E-state index is 15.3. The second-order valence-corrected chi connectivity index (χ2v) is 26.8. The number of nitrogen functional groups attached to an aromatic ring is 1. The van der Waals surface area contributed by atoms with Crippen LogP contribution >= 0.6 is 22.7 Å². The molecule has 3 aliphatic heterocycles. The van der Waals surface area contributed by atoms with Gasteiger partial charge >= 0.3 is 6.09 Å². The highest BCUT2D eigenvalue weighted by molar-refractivity contribution is 7.14. The molecule has 47 heteroatoms. The van der Waals surface area contributed by atoms with Crippen molar-refractivity contribution in [2.45, 2.75) is 206 Å². The smallest absolute Gasteiger partial charge is 0.404 e. The number of H-pyrrole nitrogens is 1. The number of aliphatic hydroxyl groups is 11. The van der Waals surface area contributed by atoms with Gasteiger partial charge in [0.1, 0.15) is 112 Å². The van der Waals surface area contributed by atoms with Crippen LogP contribution in [0.25, 0.3) is 10.7 Å². The summed E-state index contributed by atoms with van der Waals surface area (Å²) in [6, 6.07) is -9.65. The largest absolute Gasteiger partial charge is 0.441 e. The van der Waals surface area contributed by atoms with Gasteiger partial charge in [-0.2, -0.15) is 0 Å². The zero-order valence-corrected chi connectivity index (χ0v) is 58.9. The number of aromatic nitrogens is 6. The molecule has 0 saturated carbocycles. The summed E-state index contributed by atoms with van der Waals surface area (Å²) in [7, 11) is 0. The van der Waals surface area contributed by atoms with Gasteiger partial charge in [-0.15, -0.1) is 22.7 Å². The number of carbonyl (C=O) groups excluding carboxylic acids is 8. The Hall–Kier alpha value is -7.93. The highest BCUT2D eigenvalue weighted by Gasteiger charge is 2.54. The number of aliphatic hydroxyl groups excluding tert-OH is 11. The van der Waals surface area contributed by atoms with Crippen molar-refractivity contribution in [1.82, 2.24) is 61.8 Å². The first-order valence-corrected chi connectivity index (χ1v) is 34.6. The molecule has 106 heavy (non-hydrogen) atoms. The molecule has 3 aliphatic rings. The van der Waals surface area contributed by atoms with Crippen LogP contribution in [0, 0.1) is 6.92 Å². The number of nitrogens with two attached hydrogens (primary N) is 7. The number of carbonyl (C=O) groups is 8. The molecule has 4 aromatic heterocycles. The maximum atomic E-state index is 15.3. The lowest BCUT2D eigenvalue weighted by molar-refractivity contribution is -0.372. The maximum Gasteiger partial charge on any atom is 0.404 e. The van der Waals surface area contributed by atoms with Crippen molar-refractivity contribution in [2.75, 3.05) is 38.6 Å². The lowest BCUT2D eigenvalue weighted by Crippen LogP contribution is -2.65. The van der Waals surface area contributed by atoms with Gasteiger partial charge in [-0.25, -0.2) is 29.7 Å². The number of imidazole rings is 1. The average Bonchev–Trinajstić information content (AvgIpc) is 0.878. The van der Waals surface area contributed by atoms with E-state index in [9.17, 15) is 89.7 Å². The van der Waals surface area contributed by atoms with Crippen LogP contribution in [0.15, 0.2) is 23.3 Å². The molecule has 21 unspecified atom stereocenters. The molecule has 7 rings (SSSR count). The van der Waals surface area contributed by atoms with E-state index in [1.165, 1.54) is 24.6 Å². The molecule has 590 valence electrons. The topological polar surface area (TPSA) is 758 Å². The van der Waals surface area contributed by atoms with Crippen LogP contribution in [-0.4, -0.2) is 301 Å². The Kier molecular flexibility index (Phi) is 31.2. The van der Waals surface area contributed by atoms with Gasteiger partial charge in [0, 0.05) is 35.8 Å². The highest BCUT2D eigenvalue weighted by atomic mass is 32.1. The van der Waals surface area contributed by atoms with Gasteiger partial charge in [0.2, 0.25) is 29.5 Å². The molecular weight excluding hydrogens is 1450 g/mol. The van der Waals surface area contributed by atoms with E-state index in [4.69, 9.17) is 73.3 Å². The number of rotatable bonds is 37. The number of hydrogen-bond acceptors (Lipinski definition) is 38. The molecule has 7 heterocycles. The molecule has 0 spiro atoms. The lowest BCUT2D eigenvalue weighted by atomic mass is 9.97. The summed E-state index contributed by atoms with van der Waals surface area (Å²) in [4.78, 5) is 132. The minimum absolute atomic E-state index is 0.0700. The number of unbranched alkanes of at least 4 members (excludes halogenated alkanes) is 1. The number of primary amides is 3. The molecule has 32 N–H and O–H groups in total. The van der Waals surface area contributed by atoms with Crippen LogP contribution in [-0.2, 0) is 57.1 Å². The summed E-state index contributed by atoms with van der Waals surface area (Å²) in [5.74, 6) is -8.30. The Morgan fingerprint density at radius 2 is 1.42 bits per heavy atom. The van der Waals surface area contributed by atoms with Crippen molar-refractivity contribution in [3.8, 4) is 10.7 Å². The van der Waals surface area contributed by atoms with Crippen molar-refractivity contribution >= 4 is 75.9 Å². The minimum atomic E-state index is -2.26. The summed E-state index contributed by atoms with van der Waals surface area (Å²) in [6.45, 7) is 3.25. The van der Waals surface area contributed by atoms with Crippen molar-refractivity contribution in [3.63, 3.8) is 0 Å². The number of thiazole rings is 2. The zero-order valence-electron chi connectivity index (χ0n) is 57.2. The Labute approximate surface area is 609 Å². The Morgan fingerprint density at radius 1 is 0.736 bits per heavy atom. The van der Waals surface area contributed by atoms with Gasteiger partial charge in [-0.05, 0) is 47.1 Å². The third-order valence-corrected chi connectivity index (χ3v) is 18.9. The number of nitrogens with one attached hydrogen (secondary N) is 7. The lowest BCUT2D eigenvalue weighted by Gasteiger charge is -2.47. The van der Waals surface area contributed by atoms with Crippen molar-refractivity contribution in [3.05, 3.63) is 56.8 Å². The first kappa shape index (κ1) is 85.3. The van der Waals surface area contributed by atoms with Gasteiger partial charge in [0.05, 0.1) is 80.3 Å². The third kappa shape index (κ3) is 21.7. The van der Waals surface area contributed by atoms with Gasteiger partial charge in [-0.1, -0.05) is 0 Å². The molecule has 45 nitrogen and oxygen atoms in total. The van der Waals surface area contributed by atoms with E-state index in [-0.39, 0.29) is 32.7 Å². The van der Waals surface area contributed by atoms with Gasteiger partial charge in [0.25, 0.3) is 11.8 Å². The van der Waals surface area contributed by atoms with Crippen molar-refractivity contribution in [2.24, 2.45) is 34.4 Å². The van der Waals surface area contributed by atoms with E-state index in [1.807, 2.05) is 0 Å².